The number of benzene rings is 2. The Hall–Kier alpha value is -1.92. The van der Waals surface area contributed by atoms with Crippen molar-refractivity contribution in [2.24, 2.45) is 0 Å². The van der Waals surface area contributed by atoms with Crippen molar-refractivity contribution in [3.8, 4) is 0 Å². The molecule has 0 aliphatic rings. The second-order valence-corrected chi connectivity index (χ2v) is 5.84. The molecule has 0 aliphatic carbocycles. The van der Waals surface area contributed by atoms with Crippen molar-refractivity contribution in [1.82, 2.24) is 4.72 Å². The first-order valence-electron chi connectivity index (χ1n) is 5.65. The molecule has 0 saturated heterocycles. The lowest BCUT2D eigenvalue weighted by molar-refractivity contribution is -0.138. The van der Waals surface area contributed by atoms with E-state index in [1.54, 1.807) is 30.3 Å². The lowest BCUT2D eigenvalue weighted by Crippen LogP contribution is -2.38. The summed E-state index contributed by atoms with van der Waals surface area (Å²) in [7, 11) is -3.86. The van der Waals surface area contributed by atoms with Gasteiger partial charge in [0, 0.05) is 5.39 Å². The van der Waals surface area contributed by atoms with E-state index in [0.29, 0.717) is 5.39 Å². The number of nitrogens with one attached hydrogen (secondary N) is 1. The topological polar surface area (TPSA) is 83.5 Å². The van der Waals surface area contributed by atoms with Gasteiger partial charge in [0.05, 0.1) is 4.90 Å². The van der Waals surface area contributed by atoms with Crippen molar-refractivity contribution >= 4 is 26.8 Å². The fourth-order valence-electron chi connectivity index (χ4n) is 1.78. The van der Waals surface area contributed by atoms with Gasteiger partial charge in [0.1, 0.15) is 6.04 Å². The average Bonchev–Trinajstić information content (AvgIpc) is 2.37. The molecule has 2 aromatic carbocycles. The third kappa shape index (κ3) is 2.74. The van der Waals surface area contributed by atoms with Crippen LogP contribution in [0.25, 0.3) is 10.8 Å². The molecule has 0 unspecified atom stereocenters. The van der Waals surface area contributed by atoms with Crippen LogP contribution >= 0.6 is 0 Å². The molecule has 19 heavy (non-hydrogen) atoms. The largest absolute Gasteiger partial charge is 0.480 e. The number of carbonyl (C=O) groups is 1. The van der Waals surface area contributed by atoms with Crippen molar-refractivity contribution in [2.45, 2.75) is 17.9 Å². The summed E-state index contributed by atoms with van der Waals surface area (Å²) in [5.41, 5.74) is 0. The van der Waals surface area contributed by atoms with Crippen molar-refractivity contribution in [1.29, 1.82) is 0 Å². The minimum Gasteiger partial charge on any atom is -0.480 e. The van der Waals surface area contributed by atoms with Crippen LogP contribution in [0.3, 0.4) is 0 Å². The predicted molar refractivity (Wildman–Crippen MR) is 71.4 cm³/mol. The Morgan fingerprint density at radius 2 is 1.79 bits per heavy atom. The number of fused-ring (bicyclic) bond motifs is 1. The standard InChI is InChI=1S/C13H13NO4S/c1-9(13(15)16)14-19(17,18)12-8-4-6-10-5-2-3-7-11(10)12/h2-9,14H,1H3,(H,15,16)/t9-/m0/s1. The summed E-state index contributed by atoms with van der Waals surface area (Å²) < 4.78 is 26.5. The molecule has 0 aromatic heterocycles. The predicted octanol–water partition coefficient (Wildman–Crippen LogP) is 1.59. The lowest BCUT2D eigenvalue weighted by Gasteiger charge is -2.12. The molecule has 6 heteroatoms. The van der Waals surface area contributed by atoms with Crippen molar-refractivity contribution in [3.63, 3.8) is 0 Å². The molecule has 0 saturated carbocycles. The average molecular weight is 279 g/mol. The quantitative estimate of drug-likeness (QED) is 0.890. The highest BCUT2D eigenvalue weighted by Crippen LogP contribution is 2.22. The first kappa shape index (κ1) is 13.5. The van der Waals surface area contributed by atoms with Crippen LogP contribution in [0.15, 0.2) is 47.4 Å². The number of hydrogen-bond acceptors (Lipinski definition) is 3. The Balaban J connectivity index is 2.52. The van der Waals surface area contributed by atoms with E-state index in [2.05, 4.69) is 4.72 Å². The van der Waals surface area contributed by atoms with E-state index >= 15 is 0 Å². The smallest absolute Gasteiger partial charge is 0.321 e. The van der Waals surface area contributed by atoms with Gasteiger partial charge in [-0.1, -0.05) is 36.4 Å². The molecule has 100 valence electrons. The summed E-state index contributed by atoms with van der Waals surface area (Å²) in [6.07, 6.45) is 0. The van der Waals surface area contributed by atoms with Crippen LogP contribution in [0.5, 0.6) is 0 Å². The van der Waals surface area contributed by atoms with E-state index in [0.717, 1.165) is 5.39 Å². The van der Waals surface area contributed by atoms with Gasteiger partial charge in [-0.15, -0.1) is 0 Å². The molecule has 0 bridgehead atoms. The van der Waals surface area contributed by atoms with E-state index in [1.807, 2.05) is 6.07 Å². The van der Waals surface area contributed by atoms with Crippen LogP contribution in [0, 0.1) is 0 Å². The van der Waals surface area contributed by atoms with Crippen molar-refractivity contribution < 1.29 is 18.3 Å². The van der Waals surface area contributed by atoms with E-state index in [9.17, 15) is 13.2 Å². The zero-order valence-electron chi connectivity index (χ0n) is 10.2. The first-order chi connectivity index (χ1) is 8.92. The van der Waals surface area contributed by atoms with E-state index in [4.69, 9.17) is 5.11 Å². The molecule has 0 fully saturated rings. The van der Waals surface area contributed by atoms with Gasteiger partial charge in [0.25, 0.3) is 0 Å². The number of aliphatic carboxylic acids is 1. The monoisotopic (exact) mass is 279 g/mol. The van der Waals surface area contributed by atoms with Gasteiger partial charge in [0.2, 0.25) is 10.0 Å². The van der Waals surface area contributed by atoms with Gasteiger partial charge in [-0.05, 0) is 18.4 Å². The zero-order valence-corrected chi connectivity index (χ0v) is 11.0. The molecule has 2 N–H and O–H groups in total. The van der Waals surface area contributed by atoms with E-state index in [1.165, 1.54) is 13.0 Å². The summed E-state index contributed by atoms with van der Waals surface area (Å²) in [5.74, 6) is -1.22. The van der Waals surface area contributed by atoms with Crippen LogP contribution in [-0.4, -0.2) is 25.5 Å². The number of carboxylic acids is 1. The summed E-state index contributed by atoms with van der Waals surface area (Å²) in [5, 5.41) is 10.1. The molecule has 1 atom stereocenters. The SMILES string of the molecule is C[C@H](NS(=O)(=O)c1cccc2ccccc12)C(=O)O. The highest BCUT2D eigenvalue weighted by Gasteiger charge is 2.22. The van der Waals surface area contributed by atoms with Crippen LogP contribution in [0.2, 0.25) is 0 Å². The first-order valence-corrected chi connectivity index (χ1v) is 7.13. The Labute approximate surface area is 110 Å². The Morgan fingerprint density at radius 3 is 2.47 bits per heavy atom. The molecule has 0 radical (unpaired) electrons. The Kier molecular flexibility index (Phi) is 3.55. The third-order valence-corrected chi connectivity index (χ3v) is 4.34. The molecule has 0 amide bonds. The number of hydrogen-bond donors (Lipinski definition) is 2. The lowest BCUT2D eigenvalue weighted by atomic mass is 10.1. The molecular formula is C13H13NO4S. The van der Waals surface area contributed by atoms with E-state index < -0.39 is 22.0 Å². The number of rotatable bonds is 4. The fourth-order valence-corrected chi connectivity index (χ4v) is 3.20. The van der Waals surface area contributed by atoms with Gasteiger partial charge in [-0.2, -0.15) is 4.72 Å². The number of sulfonamides is 1. The van der Waals surface area contributed by atoms with Gasteiger partial charge in [-0.25, -0.2) is 8.42 Å². The van der Waals surface area contributed by atoms with E-state index in [-0.39, 0.29) is 4.90 Å². The van der Waals surface area contributed by atoms with Crippen LogP contribution < -0.4 is 4.72 Å². The maximum Gasteiger partial charge on any atom is 0.321 e. The molecule has 0 aliphatic heterocycles. The molecule has 0 heterocycles. The van der Waals surface area contributed by atoms with Crippen LogP contribution in [0.4, 0.5) is 0 Å². The number of carboxylic acid groups (broad SMARTS) is 1. The summed E-state index contributed by atoms with van der Waals surface area (Å²) in [6.45, 7) is 1.28. The highest BCUT2D eigenvalue weighted by molar-refractivity contribution is 7.89. The van der Waals surface area contributed by atoms with Crippen molar-refractivity contribution in [3.05, 3.63) is 42.5 Å². The summed E-state index contributed by atoms with van der Waals surface area (Å²) in [4.78, 5) is 10.8. The fraction of sp³-hybridized carbons (Fsp3) is 0.154. The Morgan fingerprint density at radius 1 is 1.16 bits per heavy atom. The maximum atomic E-state index is 12.2. The molecule has 5 nitrogen and oxygen atoms in total. The van der Waals surface area contributed by atoms with Crippen LogP contribution in [-0.2, 0) is 14.8 Å². The van der Waals surface area contributed by atoms with Gasteiger partial charge >= 0.3 is 5.97 Å². The normalized spacial score (nSPS) is 13.3. The minimum atomic E-state index is -3.86. The highest BCUT2D eigenvalue weighted by atomic mass is 32.2. The zero-order chi connectivity index (χ0) is 14.0. The van der Waals surface area contributed by atoms with Crippen LogP contribution in [0.1, 0.15) is 6.92 Å². The summed E-state index contributed by atoms with van der Waals surface area (Å²) >= 11 is 0. The maximum absolute atomic E-state index is 12.2. The minimum absolute atomic E-state index is 0.0821. The Bertz CT molecular complexity index is 719. The summed E-state index contributed by atoms with van der Waals surface area (Å²) in [6, 6.07) is 10.7. The van der Waals surface area contributed by atoms with Gasteiger partial charge < -0.3 is 5.11 Å². The van der Waals surface area contributed by atoms with Gasteiger partial charge in [0.15, 0.2) is 0 Å². The second-order valence-electron chi connectivity index (χ2n) is 4.16. The van der Waals surface area contributed by atoms with Gasteiger partial charge in [-0.3, -0.25) is 4.79 Å². The molecule has 0 spiro atoms. The molecule has 2 rings (SSSR count). The third-order valence-electron chi connectivity index (χ3n) is 2.74. The second kappa shape index (κ2) is 4.99. The molecule has 2 aromatic rings. The molecular weight excluding hydrogens is 266 g/mol. The van der Waals surface area contributed by atoms with Crippen molar-refractivity contribution in [2.75, 3.05) is 0 Å².